The Bertz CT molecular complexity index is 235. The second-order valence-corrected chi connectivity index (χ2v) is 5.80. The summed E-state index contributed by atoms with van der Waals surface area (Å²) in [4.78, 5) is 0. The second-order valence-electron chi connectivity index (χ2n) is 3.58. The molecule has 3 nitrogen and oxygen atoms in total. The molecule has 1 aliphatic heterocycles. The van der Waals surface area contributed by atoms with Crippen molar-refractivity contribution < 1.29 is 8.42 Å². The van der Waals surface area contributed by atoms with Crippen LogP contribution in [-0.2, 0) is 9.84 Å². The number of sulfone groups is 1. The molecule has 0 aliphatic carbocycles. The van der Waals surface area contributed by atoms with Crippen LogP contribution in [0.1, 0.15) is 26.7 Å². The van der Waals surface area contributed by atoms with Crippen molar-refractivity contribution in [2.24, 2.45) is 0 Å². The van der Waals surface area contributed by atoms with Gasteiger partial charge in [-0.2, -0.15) is 0 Å². The van der Waals surface area contributed by atoms with E-state index < -0.39 is 9.84 Å². The third-order valence-corrected chi connectivity index (χ3v) is 4.13. The molecular weight excluding hydrogens is 174 g/mol. The van der Waals surface area contributed by atoms with Gasteiger partial charge in [0.1, 0.15) is 0 Å². The quantitative estimate of drug-likeness (QED) is 0.709. The van der Waals surface area contributed by atoms with Crippen LogP contribution in [0.3, 0.4) is 0 Å². The summed E-state index contributed by atoms with van der Waals surface area (Å²) in [5.74, 6) is 0.693. The molecule has 1 N–H and O–H groups in total. The number of hydrogen-bond acceptors (Lipinski definition) is 3. The minimum absolute atomic E-state index is 0.199. The molecule has 2 atom stereocenters. The van der Waals surface area contributed by atoms with Crippen molar-refractivity contribution in [3.8, 4) is 0 Å². The predicted octanol–water partition coefficient (Wildman–Crippen LogP) is 0.562. The van der Waals surface area contributed by atoms with Gasteiger partial charge in [0.25, 0.3) is 0 Å². The fourth-order valence-electron chi connectivity index (χ4n) is 1.45. The lowest BCUT2D eigenvalue weighted by molar-refractivity contribution is 0.462. The maximum atomic E-state index is 11.1. The van der Waals surface area contributed by atoms with Crippen LogP contribution < -0.4 is 5.32 Å². The molecular formula is C8H17NO2S. The Morgan fingerprint density at radius 1 is 1.58 bits per heavy atom. The first-order valence-corrected chi connectivity index (χ1v) is 6.32. The average Bonchev–Trinajstić information content (AvgIpc) is 2.30. The van der Waals surface area contributed by atoms with E-state index in [1.54, 1.807) is 0 Å². The summed E-state index contributed by atoms with van der Waals surface area (Å²) in [5, 5.41) is 3.30. The fourth-order valence-corrected chi connectivity index (χ4v) is 3.13. The van der Waals surface area contributed by atoms with Gasteiger partial charge in [0.15, 0.2) is 9.84 Å². The van der Waals surface area contributed by atoms with E-state index in [1.165, 1.54) is 0 Å². The summed E-state index contributed by atoms with van der Waals surface area (Å²) in [6, 6.07) is 0.633. The van der Waals surface area contributed by atoms with E-state index >= 15 is 0 Å². The van der Waals surface area contributed by atoms with Crippen LogP contribution in [0.25, 0.3) is 0 Å². The summed E-state index contributed by atoms with van der Waals surface area (Å²) in [6.07, 6.45) is 1.84. The number of rotatable bonds is 3. The first-order valence-electron chi connectivity index (χ1n) is 4.50. The van der Waals surface area contributed by atoms with Gasteiger partial charge in [0.2, 0.25) is 0 Å². The van der Waals surface area contributed by atoms with Gasteiger partial charge >= 0.3 is 0 Å². The Balaban J connectivity index is 2.38. The highest BCUT2D eigenvalue weighted by Gasteiger charge is 2.27. The van der Waals surface area contributed by atoms with Crippen molar-refractivity contribution in [2.75, 3.05) is 11.5 Å². The van der Waals surface area contributed by atoms with Gasteiger partial charge in [-0.15, -0.1) is 0 Å². The Kier molecular flexibility index (Phi) is 3.12. The lowest BCUT2D eigenvalue weighted by Gasteiger charge is -2.16. The van der Waals surface area contributed by atoms with Crippen molar-refractivity contribution in [3.05, 3.63) is 0 Å². The number of hydrogen-bond donors (Lipinski definition) is 1. The van der Waals surface area contributed by atoms with Crippen molar-refractivity contribution >= 4 is 9.84 Å². The van der Waals surface area contributed by atoms with Crippen molar-refractivity contribution in [1.29, 1.82) is 0 Å². The Hall–Kier alpha value is -0.0900. The third kappa shape index (κ3) is 2.75. The molecule has 0 spiro atoms. The van der Waals surface area contributed by atoms with Gasteiger partial charge in [-0.25, -0.2) is 8.42 Å². The zero-order valence-electron chi connectivity index (χ0n) is 7.71. The van der Waals surface area contributed by atoms with E-state index in [-0.39, 0.29) is 6.04 Å². The smallest absolute Gasteiger partial charge is 0.151 e. The molecule has 1 saturated heterocycles. The molecule has 0 bridgehead atoms. The molecule has 72 valence electrons. The van der Waals surface area contributed by atoms with Crippen molar-refractivity contribution in [2.45, 2.75) is 38.8 Å². The molecule has 0 aromatic heterocycles. The molecule has 1 heterocycles. The summed E-state index contributed by atoms with van der Waals surface area (Å²) in [7, 11) is -2.71. The predicted molar refractivity (Wildman–Crippen MR) is 49.9 cm³/mol. The summed E-state index contributed by atoms with van der Waals surface area (Å²) in [6.45, 7) is 4.19. The zero-order chi connectivity index (χ0) is 9.19. The van der Waals surface area contributed by atoms with Gasteiger partial charge in [0, 0.05) is 12.1 Å². The van der Waals surface area contributed by atoms with Gasteiger partial charge in [0.05, 0.1) is 11.5 Å². The number of nitrogens with one attached hydrogen (secondary N) is 1. The molecule has 1 fully saturated rings. The summed E-state index contributed by atoms with van der Waals surface area (Å²) >= 11 is 0. The van der Waals surface area contributed by atoms with Gasteiger partial charge in [-0.1, -0.05) is 6.92 Å². The molecule has 0 aromatic rings. The highest BCUT2D eigenvalue weighted by Crippen LogP contribution is 2.12. The van der Waals surface area contributed by atoms with Crippen LogP contribution in [0, 0.1) is 0 Å². The molecule has 0 aromatic carbocycles. The van der Waals surface area contributed by atoms with Gasteiger partial charge in [-0.3, -0.25) is 0 Å². The van der Waals surface area contributed by atoms with Crippen LogP contribution in [0.2, 0.25) is 0 Å². The van der Waals surface area contributed by atoms with Crippen molar-refractivity contribution in [1.82, 2.24) is 5.32 Å². The maximum Gasteiger partial charge on any atom is 0.151 e. The van der Waals surface area contributed by atoms with Gasteiger partial charge < -0.3 is 5.32 Å². The van der Waals surface area contributed by atoms with E-state index in [9.17, 15) is 8.42 Å². The largest absolute Gasteiger partial charge is 0.310 e. The van der Waals surface area contributed by atoms with E-state index in [1.807, 2.05) is 0 Å². The standard InChI is InChI=1S/C8H17NO2S/c1-3-7(2)9-8-4-5-12(10,11)6-8/h7-9H,3-6H2,1-2H3/t7-,8+/m1/s1. The van der Waals surface area contributed by atoms with E-state index in [2.05, 4.69) is 19.2 Å². The second kappa shape index (κ2) is 3.75. The van der Waals surface area contributed by atoms with Crippen LogP contribution in [0.4, 0.5) is 0 Å². The van der Waals surface area contributed by atoms with Crippen LogP contribution in [0.5, 0.6) is 0 Å². The zero-order valence-corrected chi connectivity index (χ0v) is 8.52. The Morgan fingerprint density at radius 3 is 2.67 bits per heavy atom. The molecule has 0 amide bonds. The minimum Gasteiger partial charge on any atom is -0.310 e. The van der Waals surface area contributed by atoms with E-state index in [0.717, 1.165) is 12.8 Å². The normalized spacial score (nSPS) is 30.3. The van der Waals surface area contributed by atoms with Crippen LogP contribution >= 0.6 is 0 Å². The fraction of sp³-hybridized carbons (Fsp3) is 1.00. The highest BCUT2D eigenvalue weighted by atomic mass is 32.2. The molecule has 0 saturated carbocycles. The molecule has 1 rings (SSSR count). The van der Waals surface area contributed by atoms with E-state index in [4.69, 9.17) is 0 Å². The van der Waals surface area contributed by atoms with Crippen LogP contribution in [0.15, 0.2) is 0 Å². The minimum atomic E-state index is -2.71. The molecule has 4 heteroatoms. The Morgan fingerprint density at radius 2 is 2.25 bits per heavy atom. The monoisotopic (exact) mass is 191 g/mol. The average molecular weight is 191 g/mol. The SMILES string of the molecule is CC[C@@H](C)N[C@H]1CCS(=O)(=O)C1. The lowest BCUT2D eigenvalue weighted by atomic mass is 10.2. The lowest BCUT2D eigenvalue weighted by Crippen LogP contribution is -2.36. The molecule has 0 radical (unpaired) electrons. The summed E-state index contributed by atoms with van der Waals surface area (Å²) in [5.41, 5.74) is 0. The molecule has 12 heavy (non-hydrogen) atoms. The molecule has 0 unspecified atom stereocenters. The van der Waals surface area contributed by atoms with Gasteiger partial charge in [-0.05, 0) is 19.8 Å². The van der Waals surface area contributed by atoms with E-state index in [0.29, 0.717) is 17.5 Å². The third-order valence-electron chi connectivity index (χ3n) is 2.37. The topological polar surface area (TPSA) is 46.2 Å². The van der Waals surface area contributed by atoms with Crippen molar-refractivity contribution in [3.63, 3.8) is 0 Å². The molecule has 1 aliphatic rings. The Labute approximate surface area is 74.5 Å². The highest BCUT2D eigenvalue weighted by molar-refractivity contribution is 7.91. The summed E-state index contributed by atoms with van der Waals surface area (Å²) < 4.78 is 22.1. The first-order chi connectivity index (χ1) is 5.53. The first kappa shape index (κ1) is 9.99. The van der Waals surface area contributed by atoms with Crippen LogP contribution in [-0.4, -0.2) is 32.0 Å². The maximum absolute atomic E-state index is 11.1.